The zero-order valence-corrected chi connectivity index (χ0v) is 21.9. The van der Waals surface area contributed by atoms with Crippen molar-refractivity contribution in [3.05, 3.63) is 94.5 Å². The van der Waals surface area contributed by atoms with Crippen LogP contribution in [0.2, 0.25) is 16.6 Å². The summed E-state index contributed by atoms with van der Waals surface area (Å²) in [6.45, 7) is 13.9. The third-order valence-corrected chi connectivity index (χ3v) is 13.7. The molecule has 34 heavy (non-hydrogen) atoms. The molecule has 0 unspecified atom stereocenters. The normalized spacial score (nSPS) is 13.1. The molecule has 0 saturated heterocycles. The van der Waals surface area contributed by atoms with Crippen molar-refractivity contribution in [1.29, 1.82) is 0 Å². The summed E-state index contributed by atoms with van der Waals surface area (Å²) >= 11 is 0. The van der Waals surface area contributed by atoms with Gasteiger partial charge in [0.25, 0.3) is 0 Å². The lowest BCUT2D eigenvalue weighted by molar-refractivity contribution is 0.0979. The predicted molar refractivity (Wildman–Crippen MR) is 143 cm³/mol. The molecule has 0 aromatic heterocycles. The van der Waals surface area contributed by atoms with Gasteiger partial charge in [-0.3, -0.25) is 9.59 Å². The molecule has 0 aliphatic heterocycles. The first kappa shape index (κ1) is 23.9. The molecule has 0 amide bonds. The molecule has 3 aromatic carbocycles. The second-order valence-corrected chi connectivity index (χ2v) is 15.8. The van der Waals surface area contributed by atoms with E-state index < -0.39 is 8.07 Å². The van der Waals surface area contributed by atoms with Crippen LogP contribution in [0.5, 0.6) is 0 Å². The molecule has 3 aromatic rings. The molecule has 172 valence electrons. The zero-order chi connectivity index (χ0) is 24.6. The van der Waals surface area contributed by atoms with Crippen LogP contribution in [-0.2, 0) is 0 Å². The van der Waals surface area contributed by atoms with Gasteiger partial charge in [-0.25, -0.2) is 0 Å². The summed E-state index contributed by atoms with van der Waals surface area (Å²) in [5.41, 5.74) is 10.4. The minimum Gasteiger partial charge on any atom is -0.289 e. The minimum atomic E-state index is -1.78. The number of carbonyl (C=O) groups is 2. The van der Waals surface area contributed by atoms with Crippen molar-refractivity contribution in [1.82, 2.24) is 0 Å². The summed E-state index contributed by atoms with van der Waals surface area (Å²) in [7, 11) is -1.78. The Labute approximate surface area is 204 Å². The van der Waals surface area contributed by atoms with Gasteiger partial charge in [0.1, 0.15) is 8.07 Å². The van der Waals surface area contributed by atoms with Crippen LogP contribution >= 0.6 is 0 Å². The van der Waals surface area contributed by atoms with E-state index in [9.17, 15) is 9.59 Å². The van der Waals surface area contributed by atoms with E-state index in [0.717, 1.165) is 16.7 Å². The monoisotopic (exact) mass is 464 g/mol. The van der Waals surface area contributed by atoms with E-state index in [2.05, 4.69) is 77.3 Å². The average molecular weight is 465 g/mol. The maximum Gasteiger partial charge on any atom is 0.194 e. The summed E-state index contributed by atoms with van der Waals surface area (Å²) in [6, 6.07) is 20.8. The molecule has 1 aliphatic carbocycles. The van der Waals surface area contributed by atoms with Crippen LogP contribution in [0.3, 0.4) is 0 Å². The third-order valence-electron chi connectivity index (χ3n) is 7.43. The van der Waals surface area contributed by atoms with E-state index in [1.807, 2.05) is 12.1 Å². The van der Waals surface area contributed by atoms with E-state index in [4.69, 9.17) is 0 Å². The van der Waals surface area contributed by atoms with Crippen LogP contribution in [0.25, 0.3) is 11.1 Å². The number of hydrogen-bond acceptors (Lipinski definition) is 2. The first-order valence-corrected chi connectivity index (χ1v) is 14.4. The molecule has 0 spiro atoms. The van der Waals surface area contributed by atoms with Crippen LogP contribution in [0.1, 0.15) is 78.9 Å². The maximum atomic E-state index is 13.1. The Bertz CT molecular complexity index is 1300. The molecule has 3 heteroatoms. The van der Waals surface area contributed by atoms with Gasteiger partial charge < -0.3 is 0 Å². The highest BCUT2D eigenvalue weighted by atomic mass is 28.3. The van der Waals surface area contributed by atoms with E-state index >= 15 is 0 Å². The first-order valence-electron chi connectivity index (χ1n) is 12.1. The van der Waals surface area contributed by atoms with Crippen LogP contribution < -0.4 is 0 Å². The van der Waals surface area contributed by atoms with Gasteiger partial charge in [0.2, 0.25) is 0 Å². The molecular weight excluding hydrogens is 432 g/mol. The molecular formula is C31H32O2Si. The highest BCUT2D eigenvalue weighted by molar-refractivity contribution is 6.90. The first-order chi connectivity index (χ1) is 16.2. The Morgan fingerprint density at radius 1 is 0.588 bits per heavy atom. The van der Waals surface area contributed by atoms with Crippen molar-refractivity contribution >= 4 is 19.6 Å². The predicted octanol–water partition coefficient (Wildman–Crippen LogP) is 7.70. The second kappa shape index (κ2) is 9.20. The summed E-state index contributed by atoms with van der Waals surface area (Å²) in [5, 5.41) is 0. The van der Waals surface area contributed by atoms with Crippen molar-refractivity contribution < 1.29 is 9.59 Å². The number of carbonyl (C=O) groups excluding carboxylic acids is 2. The van der Waals surface area contributed by atoms with E-state index in [0.29, 0.717) is 38.9 Å². The lowest BCUT2D eigenvalue weighted by Gasteiger charge is -2.38. The molecule has 0 bridgehead atoms. The van der Waals surface area contributed by atoms with Crippen LogP contribution in [0, 0.1) is 11.5 Å². The molecule has 0 heterocycles. The fraction of sp³-hybridized carbons (Fsp3) is 0.290. The van der Waals surface area contributed by atoms with Crippen LogP contribution in [0.4, 0.5) is 0 Å². The quantitative estimate of drug-likeness (QED) is 0.229. The topological polar surface area (TPSA) is 34.1 Å². The van der Waals surface area contributed by atoms with Crippen molar-refractivity contribution in [2.45, 2.75) is 58.2 Å². The molecule has 0 radical (unpaired) electrons. The van der Waals surface area contributed by atoms with Crippen molar-refractivity contribution in [2.75, 3.05) is 0 Å². The van der Waals surface area contributed by atoms with Crippen molar-refractivity contribution in [3.8, 4) is 22.6 Å². The molecule has 0 fully saturated rings. The van der Waals surface area contributed by atoms with Gasteiger partial charge in [0.15, 0.2) is 11.6 Å². The number of fused-ring (bicyclic) bond motifs is 2. The highest BCUT2D eigenvalue weighted by Crippen LogP contribution is 2.41. The smallest absolute Gasteiger partial charge is 0.194 e. The van der Waals surface area contributed by atoms with Gasteiger partial charge in [0.05, 0.1) is 0 Å². The van der Waals surface area contributed by atoms with Gasteiger partial charge in [-0.05, 0) is 52.0 Å². The van der Waals surface area contributed by atoms with E-state index in [1.54, 1.807) is 30.3 Å². The Hall–Kier alpha value is -3.22. The summed E-state index contributed by atoms with van der Waals surface area (Å²) < 4.78 is 0. The van der Waals surface area contributed by atoms with Crippen LogP contribution in [-0.4, -0.2) is 19.6 Å². The van der Waals surface area contributed by atoms with Gasteiger partial charge in [-0.15, -0.1) is 5.54 Å². The molecule has 1 aliphatic rings. The molecule has 4 rings (SSSR count). The number of hydrogen-bond donors (Lipinski definition) is 0. The summed E-state index contributed by atoms with van der Waals surface area (Å²) in [5.74, 6) is 3.32. The molecule has 0 atom stereocenters. The van der Waals surface area contributed by atoms with E-state index in [-0.39, 0.29) is 11.6 Å². The largest absolute Gasteiger partial charge is 0.289 e. The van der Waals surface area contributed by atoms with Gasteiger partial charge >= 0.3 is 0 Å². The summed E-state index contributed by atoms with van der Waals surface area (Å²) in [4.78, 5) is 25.9. The fourth-order valence-corrected chi connectivity index (χ4v) is 10.9. The number of benzene rings is 3. The van der Waals surface area contributed by atoms with Crippen LogP contribution in [0.15, 0.2) is 66.7 Å². The van der Waals surface area contributed by atoms with Crippen molar-refractivity contribution in [3.63, 3.8) is 0 Å². The van der Waals surface area contributed by atoms with E-state index in [1.165, 1.54) is 0 Å². The Morgan fingerprint density at radius 2 is 1.06 bits per heavy atom. The lowest BCUT2D eigenvalue weighted by Crippen LogP contribution is -2.43. The lowest BCUT2D eigenvalue weighted by atomic mass is 9.83. The fourth-order valence-electron chi connectivity index (χ4n) is 5.64. The highest BCUT2D eigenvalue weighted by Gasteiger charge is 2.41. The second-order valence-electron chi connectivity index (χ2n) is 10.2. The van der Waals surface area contributed by atoms with Gasteiger partial charge in [-0.2, -0.15) is 0 Å². The number of ketones is 2. The Balaban J connectivity index is 1.66. The molecule has 0 N–H and O–H groups in total. The van der Waals surface area contributed by atoms with Crippen molar-refractivity contribution in [2.24, 2.45) is 0 Å². The number of rotatable bonds is 4. The standard InChI is InChI=1S/C31H32O2Si/c1-20(2)34(21(3)4,22(5)6)18-17-23-11-13-24(14-12-23)25-15-16-28-29(19-25)31(33)27-10-8-7-9-26(27)30(28)32/h7-16,19-22H,1-6H3. The third kappa shape index (κ3) is 3.97. The Kier molecular flexibility index (Phi) is 6.47. The molecule has 2 nitrogen and oxygen atoms in total. The maximum absolute atomic E-state index is 13.1. The average Bonchev–Trinajstić information content (AvgIpc) is 2.82. The Morgan fingerprint density at radius 3 is 1.59 bits per heavy atom. The minimum absolute atomic E-state index is 0.0875. The SMILES string of the molecule is CC(C)[Si](C#Cc1ccc(-c2ccc3c(c2)C(=O)c2ccccc2C3=O)cc1)(C(C)C)C(C)C. The molecule has 0 saturated carbocycles. The van der Waals surface area contributed by atoms with Gasteiger partial charge in [-0.1, -0.05) is 89.9 Å². The zero-order valence-electron chi connectivity index (χ0n) is 20.9. The van der Waals surface area contributed by atoms with Gasteiger partial charge in [0, 0.05) is 27.8 Å². The summed E-state index contributed by atoms with van der Waals surface area (Å²) in [6.07, 6.45) is 0.